The molecule has 2 aromatic heterocycles. The van der Waals surface area contributed by atoms with Crippen molar-refractivity contribution in [2.45, 2.75) is 11.8 Å². The normalized spacial score (nSPS) is 15.6. The van der Waals surface area contributed by atoms with Crippen molar-refractivity contribution >= 4 is 66.6 Å². The molecule has 5 rings (SSSR count). The van der Waals surface area contributed by atoms with Gasteiger partial charge in [0.2, 0.25) is 5.52 Å². The van der Waals surface area contributed by atoms with Crippen molar-refractivity contribution in [1.82, 2.24) is 4.98 Å². The van der Waals surface area contributed by atoms with E-state index in [4.69, 9.17) is 0 Å². The van der Waals surface area contributed by atoms with Crippen molar-refractivity contribution < 1.29 is 4.57 Å². The molecule has 124 valence electrons. The van der Waals surface area contributed by atoms with Gasteiger partial charge < -0.3 is 4.90 Å². The molecule has 0 fully saturated rings. The van der Waals surface area contributed by atoms with Gasteiger partial charge in [-0.1, -0.05) is 35.2 Å². The lowest BCUT2D eigenvalue weighted by Gasteiger charge is -2.12. The predicted molar refractivity (Wildman–Crippen MR) is 110 cm³/mol. The van der Waals surface area contributed by atoms with Crippen LogP contribution in [0, 0.1) is 6.92 Å². The highest BCUT2D eigenvalue weighted by Crippen LogP contribution is 2.48. The number of hydrogen-bond acceptors (Lipinski definition) is 5. The van der Waals surface area contributed by atoms with Gasteiger partial charge in [0, 0.05) is 18.0 Å². The van der Waals surface area contributed by atoms with Gasteiger partial charge in [0.25, 0.3) is 5.01 Å². The van der Waals surface area contributed by atoms with Gasteiger partial charge in [0.05, 0.1) is 32.0 Å². The molecule has 3 heterocycles. The van der Waals surface area contributed by atoms with Gasteiger partial charge in [-0.3, -0.25) is 0 Å². The quantitative estimate of drug-likeness (QED) is 0.423. The molecule has 0 N–H and O–H groups in total. The molecule has 1 aliphatic rings. The number of thiazole rings is 2. The number of rotatable bonds is 1. The summed E-state index contributed by atoms with van der Waals surface area (Å²) >= 11 is 5.44. The summed E-state index contributed by atoms with van der Waals surface area (Å²) in [6, 6.07) is 13.1. The van der Waals surface area contributed by atoms with Crippen molar-refractivity contribution in [3.8, 4) is 0 Å². The number of fused-ring (bicyclic) bond motifs is 3. The lowest BCUT2D eigenvalue weighted by Crippen LogP contribution is -2.29. The van der Waals surface area contributed by atoms with Crippen LogP contribution in [-0.4, -0.2) is 12.0 Å². The van der Waals surface area contributed by atoms with Crippen LogP contribution in [0.4, 0.5) is 5.69 Å². The number of anilines is 1. The second kappa shape index (κ2) is 5.56. The highest BCUT2D eigenvalue weighted by Gasteiger charge is 2.25. The van der Waals surface area contributed by atoms with Crippen LogP contribution in [0.5, 0.6) is 0 Å². The van der Waals surface area contributed by atoms with Crippen LogP contribution in [-0.2, 0) is 7.05 Å². The fourth-order valence-corrected chi connectivity index (χ4v) is 6.37. The summed E-state index contributed by atoms with van der Waals surface area (Å²) in [7, 11) is 4.28. The van der Waals surface area contributed by atoms with Crippen molar-refractivity contribution in [3.05, 3.63) is 51.4 Å². The van der Waals surface area contributed by atoms with E-state index in [-0.39, 0.29) is 0 Å². The Morgan fingerprint density at radius 3 is 2.80 bits per heavy atom. The van der Waals surface area contributed by atoms with Crippen molar-refractivity contribution in [1.29, 1.82) is 0 Å². The van der Waals surface area contributed by atoms with Gasteiger partial charge in [-0.15, -0.1) is 11.3 Å². The smallest absolute Gasteiger partial charge is 0.265 e. The van der Waals surface area contributed by atoms with E-state index in [2.05, 4.69) is 77.9 Å². The monoisotopic (exact) mass is 382 g/mol. The van der Waals surface area contributed by atoms with E-state index < -0.39 is 0 Å². The number of aryl methyl sites for hydroxylation is 2. The zero-order chi connectivity index (χ0) is 17.1. The van der Waals surface area contributed by atoms with Crippen molar-refractivity contribution in [3.63, 3.8) is 0 Å². The number of hydrogen-bond donors (Lipinski definition) is 0. The molecule has 25 heavy (non-hydrogen) atoms. The van der Waals surface area contributed by atoms with Gasteiger partial charge in [0.1, 0.15) is 11.7 Å². The van der Waals surface area contributed by atoms with E-state index in [0.29, 0.717) is 0 Å². The Morgan fingerprint density at radius 2 is 1.96 bits per heavy atom. The molecular weight excluding hydrogens is 366 g/mol. The predicted octanol–water partition coefficient (Wildman–Crippen LogP) is 5.18. The summed E-state index contributed by atoms with van der Waals surface area (Å²) in [6.07, 6.45) is 2.29. The fourth-order valence-electron chi connectivity index (χ4n) is 3.18. The summed E-state index contributed by atoms with van der Waals surface area (Å²) in [6.45, 7) is 2.07. The van der Waals surface area contributed by atoms with Gasteiger partial charge >= 0.3 is 0 Å². The lowest BCUT2D eigenvalue weighted by molar-refractivity contribution is -0.642. The van der Waals surface area contributed by atoms with Crippen LogP contribution in [0.2, 0.25) is 0 Å². The van der Waals surface area contributed by atoms with Crippen LogP contribution >= 0.6 is 34.4 Å². The molecular formula is C19H16N3S3+. The number of thioether (sulfide) groups is 1. The van der Waals surface area contributed by atoms with Crippen LogP contribution in [0.3, 0.4) is 0 Å². The second-order valence-corrected chi connectivity index (χ2v) is 9.49. The number of nitrogens with zero attached hydrogens (tertiary/aromatic N) is 3. The number of aromatic nitrogens is 2. The van der Waals surface area contributed by atoms with Crippen molar-refractivity contribution in [2.24, 2.45) is 7.05 Å². The van der Waals surface area contributed by atoms with Gasteiger partial charge in [-0.05, 0) is 25.1 Å². The molecule has 3 nitrogen and oxygen atoms in total. The van der Waals surface area contributed by atoms with E-state index in [0.717, 1.165) is 10.5 Å². The minimum Gasteiger partial charge on any atom is -0.338 e. The Balaban J connectivity index is 1.60. The van der Waals surface area contributed by atoms with Gasteiger partial charge in [-0.2, -0.15) is 4.57 Å². The first-order chi connectivity index (χ1) is 12.1. The topological polar surface area (TPSA) is 20.0 Å². The molecule has 0 atom stereocenters. The Labute approximate surface area is 158 Å². The maximum Gasteiger partial charge on any atom is 0.265 e. The Morgan fingerprint density at radius 1 is 1.12 bits per heavy atom. The molecule has 0 radical (unpaired) electrons. The molecule has 0 saturated carbocycles. The molecule has 0 amide bonds. The summed E-state index contributed by atoms with van der Waals surface area (Å²) in [5.41, 5.74) is 3.63. The molecule has 6 heteroatoms. The molecule has 0 aliphatic carbocycles. The molecule has 2 aromatic carbocycles. The van der Waals surface area contributed by atoms with Gasteiger partial charge in [-0.25, -0.2) is 4.98 Å². The first kappa shape index (κ1) is 15.4. The van der Waals surface area contributed by atoms with Gasteiger partial charge in [0.15, 0.2) is 0 Å². The third-order valence-corrected chi connectivity index (χ3v) is 7.75. The van der Waals surface area contributed by atoms with Crippen molar-refractivity contribution in [2.75, 3.05) is 11.9 Å². The average molecular weight is 383 g/mol. The maximum atomic E-state index is 4.64. The molecule has 0 saturated heterocycles. The zero-order valence-electron chi connectivity index (χ0n) is 14.1. The van der Waals surface area contributed by atoms with E-state index in [1.807, 2.05) is 23.1 Å². The van der Waals surface area contributed by atoms with Crippen LogP contribution in [0.1, 0.15) is 10.0 Å². The molecule has 0 spiro atoms. The summed E-state index contributed by atoms with van der Waals surface area (Å²) in [4.78, 5) is 8.23. The third-order valence-electron chi connectivity index (χ3n) is 4.50. The summed E-state index contributed by atoms with van der Waals surface area (Å²) in [5.74, 6) is 0. The SMILES string of the molecule is Cc1nc2cc3c(cc2s1)SC(=Cc1sc2ccccc2[n+]1C)N3C. The first-order valence-corrected chi connectivity index (χ1v) is 10.5. The number of benzene rings is 2. The third kappa shape index (κ3) is 2.39. The zero-order valence-corrected chi connectivity index (χ0v) is 16.6. The molecule has 0 bridgehead atoms. The Hall–Kier alpha value is -1.89. The summed E-state index contributed by atoms with van der Waals surface area (Å²) < 4.78 is 4.86. The minimum absolute atomic E-state index is 1.10. The Bertz CT molecular complexity index is 1170. The van der Waals surface area contributed by atoms with E-state index in [9.17, 15) is 0 Å². The lowest BCUT2D eigenvalue weighted by atomic mass is 10.3. The first-order valence-electron chi connectivity index (χ1n) is 8.02. The largest absolute Gasteiger partial charge is 0.338 e. The summed E-state index contributed by atoms with van der Waals surface area (Å²) in [5, 5.41) is 3.64. The van der Waals surface area contributed by atoms with Crippen LogP contribution in [0.25, 0.3) is 26.5 Å². The van der Waals surface area contributed by atoms with Crippen LogP contribution in [0.15, 0.2) is 46.3 Å². The van der Waals surface area contributed by atoms with E-state index >= 15 is 0 Å². The highest BCUT2D eigenvalue weighted by atomic mass is 32.2. The fraction of sp³-hybridized carbons (Fsp3) is 0.158. The minimum atomic E-state index is 1.10. The van der Waals surface area contributed by atoms with E-state index in [1.165, 1.54) is 35.5 Å². The Kier molecular flexibility index (Phi) is 3.42. The second-order valence-electron chi connectivity index (χ2n) is 6.13. The molecule has 1 aliphatic heterocycles. The number of para-hydroxylation sites is 1. The molecule has 4 aromatic rings. The highest BCUT2D eigenvalue weighted by molar-refractivity contribution is 8.04. The molecule has 0 unspecified atom stereocenters. The van der Waals surface area contributed by atoms with E-state index in [1.54, 1.807) is 11.3 Å². The van der Waals surface area contributed by atoms with Crippen LogP contribution < -0.4 is 9.47 Å². The maximum absolute atomic E-state index is 4.64. The standard InChI is InChI=1S/C19H16N3S3/c1-11-20-12-8-14-17(9-16(12)23-11)25-19(22(14)3)10-18-21(2)13-6-4-5-7-15(13)24-18/h4-10H,1-3H3/q+1. The average Bonchev–Trinajstić information content (AvgIpc) is 3.21.